The Hall–Kier alpha value is -3.49. The lowest BCUT2D eigenvalue weighted by Gasteiger charge is -2.24. The van der Waals surface area contributed by atoms with Crippen LogP contribution in [0.5, 0.6) is 0 Å². The van der Waals surface area contributed by atoms with E-state index in [9.17, 15) is 9.59 Å². The highest BCUT2D eigenvalue weighted by Gasteiger charge is 2.24. The predicted octanol–water partition coefficient (Wildman–Crippen LogP) is 0.864. The summed E-state index contributed by atoms with van der Waals surface area (Å²) in [5, 5.41) is 11.3. The summed E-state index contributed by atoms with van der Waals surface area (Å²) in [7, 11) is 0. The van der Waals surface area contributed by atoms with Gasteiger partial charge in [-0.3, -0.25) is 14.3 Å². The molecule has 9 nitrogen and oxygen atoms in total. The van der Waals surface area contributed by atoms with Gasteiger partial charge >= 0.3 is 0 Å². The van der Waals surface area contributed by atoms with Crippen LogP contribution >= 0.6 is 0 Å². The molecular formula is C19H21N7O2. The molecule has 4 rings (SSSR count). The van der Waals surface area contributed by atoms with E-state index in [0.717, 1.165) is 29.9 Å². The number of aryl methyl sites for hydroxylation is 2. The molecule has 3 heterocycles. The van der Waals surface area contributed by atoms with Gasteiger partial charge in [-0.25, -0.2) is 9.67 Å². The summed E-state index contributed by atoms with van der Waals surface area (Å²) < 4.78 is 3.47. The van der Waals surface area contributed by atoms with E-state index in [4.69, 9.17) is 5.73 Å². The fourth-order valence-corrected chi connectivity index (χ4v) is 3.60. The zero-order valence-electron chi connectivity index (χ0n) is 15.5. The van der Waals surface area contributed by atoms with Gasteiger partial charge in [0.05, 0.1) is 23.1 Å². The van der Waals surface area contributed by atoms with E-state index in [1.807, 2.05) is 23.7 Å². The van der Waals surface area contributed by atoms with Crippen LogP contribution in [0.4, 0.5) is 0 Å². The SMILES string of the molecule is Cc1cc(-n2cncn2)ccc1C(=O)NC[C@@H]1CCn2ncc(C(N)=O)c2C1. The van der Waals surface area contributed by atoms with E-state index in [1.165, 1.54) is 12.5 Å². The van der Waals surface area contributed by atoms with Crippen molar-refractivity contribution >= 4 is 11.8 Å². The summed E-state index contributed by atoms with van der Waals surface area (Å²) in [6, 6.07) is 5.54. The number of amides is 2. The van der Waals surface area contributed by atoms with Gasteiger partial charge in [0.1, 0.15) is 12.7 Å². The summed E-state index contributed by atoms with van der Waals surface area (Å²) in [6.07, 6.45) is 6.16. The second-order valence-electron chi connectivity index (χ2n) is 7.00. The quantitative estimate of drug-likeness (QED) is 0.681. The number of hydrogen-bond acceptors (Lipinski definition) is 5. The van der Waals surface area contributed by atoms with Crippen LogP contribution in [0, 0.1) is 12.8 Å². The van der Waals surface area contributed by atoms with Crippen molar-refractivity contribution in [3.05, 3.63) is 59.4 Å². The number of rotatable bonds is 5. The molecule has 2 aromatic heterocycles. The van der Waals surface area contributed by atoms with E-state index in [1.54, 1.807) is 17.1 Å². The molecule has 0 bridgehead atoms. The van der Waals surface area contributed by atoms with Gasteiger partial charge in [-0.1, -0.05) is 0 Å². The third-order valence-electron chi connectivity index (χ3n) is 5.13. The molecule has 0 spiro atoms. The number of primary amides is 1. The number of benzene rings is 1. The Morgan fingerprint density at radius 2 is 2.14 bits per heavy atom. The molecule has 0 fully saturated rings. The molecule has 0 saturated heterocycles. The Kier molecular flexibility index (Phi) is 4.64. The first-order valence-corrected chi connectivity index (χ1v) is 9.11. The lowest BCUT2D eigenvalue weighted by molar-refractivity contribution is 0.0941. The van der Waals surface area contributed by atoms with Crippen LogP contribution in [0.3, 0.4) is 0 Å². The number of aromatic nitrogens is 5. The number of carbonyl (C=O) groups is 2. The van der Waals surface area contributed by atoms with Crippen molar-refractivity contribution in [2.75, 3.05) is 6.54 Å². The number of nitrogens with two attached hydrogens (primary N) is 1. The molecule has 1 aliphatic heterocycles. The van der Waals surface area contributed by atoms with Gasteiger partial charge in [0.15, 0.2) is 0 Å². The number of fused-ring (bicyclic) bond motifs is 1. The second kappa shape index (κ2) is 7.26. The molecule has 2 amide bonds. The van der Waals surface area contributed by atoms with Crippen molar-refractivity contribution in [1.82, 2.24) is 29.9 Å². The number of carbonyl (C=O) groups excluding carboxylic acids is 2. The van der Waals surface area contributed by atoms with Crippen molar-refractivity contribution in [2.24, 2.45) is 11.7 Å². The summed E-state index contributed by atoms with van der Waals surface area (Å²) in [6.45, 7) is 3.15. The molecule has 1 aromatic carbocycles. The van der Waals surface area contributed by atoms with E-state index in [2.05, 4.69) is 20.5 Å². The van der Waals surface area contributed by atoms with Crippen LogP contribution in [0.15, 0.2) is 37.1 Å². The van der Waals surface area contributed by atoms with Gasteiger partial charge < -0.3 is 11.1 Å². The molecule has 0 radical (unpaired) electrons. The molecule has 3 aromatic rings. The zero-order chi connectivity index (χ0) is 19.7. The predicted molar refractivity (Wildman–Crippen MR) is 101 cm³/mol. The van der Waals surface area contributed by atoms with Crippen LogP contribution in [-0.4, -0.2) is 42.9 Å². The standard InChI is InChI=1S/C19H21N7O2/c1-12-6-14(26-11-21-10-24-26)2-3-15(12)19(28)22-8-13-4-5-25-17(7-13)16(9-23-25)18(20)27/h2-3,6,9-11,13H,4-5,7-8H2,1H3,(H2,20,27)(H,22,28)/t13-/m1/s1. The summed E-state index contributed by atoms with van der Waals surface area (Å²) in [5.41, 5.74) is 9.08. The summed E-state index contributed by atoms with van der Waals surface area (Å²) in [4.78, 5) is 28.1. The van der Waals surface area contributed by atoms with Crippen LogP contribution in [0.1, 0.15) is 38.4 Å². The third kappa shape index (κ3) is 3.38. The lowest BCUT2D eigenvalue weighted by Crippen LogP contribution is -2.34. The highest BCUT2D eigenvalue weighted by Crippen LogP contribution is 2.22. The van der Waals surface area contributed by atoms with Crippen molar-refractivity contribution in [2.45, 2.75) is 26.3 Å². The van der Waals surface area contributed by atoms with E-state index >= 15 is 0 Å². The first-order chi connectivity index (χ1) is 13.5. The maximum absolute atomic E-state index is 12.6. The first kappa shape index (κ1) is 17.9. The number of hydrogen-bond donors (Lipinski definition) is 2. The van der Waals surface area contributed by atoms with Crippen LogP contribution < -0.4 is 11.1 Å². The van der Waals surface area contributed by atoms with E-state index in [0.29, 0.717) is 24.1 Å². The van der Waals surface area contributed by atoms with Crippen LogP contribution in [0.2, 0.25) is 0 Å². The largest absolute Gasteiger partial charge is 0.365 e. The van der Waals surface area contributed by atoms with Crippen LogP contribution in [0.25, 0.3) is 5.69 Å². The highest BCUT2D eigenvalue weighted by atomic mass is 16.2. The van der Waals surface area contributed by atoms with Crippen molar-refractivity contribution in [3.63, 3.8) is 0 Å². The third-order valence-corrected chi connectivity index (χ3v) is 5.13. The van der Waals surface area contributed by atoms with Gasteiger partial charge in [0, 0.05) is 18.7 Å². The Bertz CT molecular complexity index is 1020. The average molecular weight is 379 g/mol. The van der Waals surface area contributed by atoms with E-state index in [-0.39, 0.29) is 11.8 Å². The first-order valence-electron chi connectivity index (χ1n) is 9.11. The minimum Gasteiger partial charge on any atom is -0.365 e. The van der Waals surface area contributed by atoms with E-state index < -0.39 is 5.91 Å². The molecule has 9 heteroatoms. The summed E-state index contributed by atoms with van der Waals surface area (Å²) in [5.74, 6) is -0.341. The maximum atomic E-state index is 12.6. The highest BCUT2D eigenvalue weighted by molar-refractivity contribution is 5.96. The monoisotopic (exact) mass is 379 g/mol. The fraction of sp³-hybridized carbons (Fsp3) is 0.316. The summed E-state index contributed by atoms with van der Waals surface area (Å²) >= 11 is 0. The maximum Gasteiger partial charge on any atom is 0.252 e. The molecule has 3 N–H and O–H groups in total. The topological polar surface area (TPSA) is 121 Å². The van der Waals surface area contributed by atoms with Gasteiger partial charge in [0.25, 0.3) is 11.8 Å². The van der Waals surface area contributed by atoms with Crippen molar-refractivity contribution < 1.29 is 9.59 Å². The smallest absolute Gasteiger partial charge is 0.252 e. The fourth-order valence-electron chi connectivity index (χ4n) is 3.60. The van der Waals surface area contributed by atoms with Crippen molar-refractivity contribution in [1.29, 1.82) is 0 Å². The minimum absolute atomic E-state index is 0.114. The minimum atomic E-state index is -0.464. The Morgan fingerprint density at radius 1 is 1.29 bits per heavy atom. The van der Waals surface area contributed by atoms with Crippen molar-refractivity contribution in [3.8, 4) is 5.69 Å². The van der Waals surface area contributed by atoms with Crippen LogP contribution in [-0.2, 0) is 13.0 Å². The Morgan fingerprint density at radius 3 is 2.86 bits per heavy atom. The Labute approximate surface area is 161 Å². The van der Waals surface area contributed by atoms with Gasteiger partial charge in [-0.05, 0) is 49.4 Å². The second-order valence-corrected chi connectivity index (χ2v) is 7.00. The van der Waals surface area contributed by atoms with Gasteiger partial charge in [-0.15, -0.1) is 0 Å². The number of nitrogens with one attached hydrogen (secondary N) is 1. The molecule has 144 valence electrons. The molecule has 1 atom stereocenters. The van der Waals surface area contributed by atoms with Gasteiger partial charge in [-0.2, -0.15) is 10.2 Å². The lowest BCUT2D eigenvalue weighted by atomic mass is 9.94. The zero-order valence-corrected chi connectivity index (χ0v) is 15.5. The molecule has 0 aliphatic carbocycles. The molecule has 28 heavy (non-hydrogen) atoms. The molecule has 0 unspecified atom stereocenters. The average Bonchev–Trinajstić information content (AvgIpc) is 3.35. The normalized spacial score (nSPS) is 15.8. The molecule has 0 saturated carbocycles. The number of nitrogens with zero attached hydrogens (tertiary/aromatic N) is 5. The molecule has 1 aliphatic rings. The van der Waals surface area contributed by atoms with Gasteiger partial charge in [0.2, 0.25) is 0 Å². The Balaban J connectivity index is 1.41. The molecular weight excluding hydrogens is 358 g/mol.